The van der Waals surface area contributed by atoms with Crippen molar-refractivity contribution < 1.29 is 0 Å². The Kier molecular flexibility index (Phi) is 4.39. The molecule has 0 aliphatic carbocycles. The molecule has 0 bridgehead atoms. The lowest BCUT2D eigenvalue weighted by Gasteiger charge is -2.36. The van der Waals surface area contributed by atoms with Crippen molar-refractivity contribution in [2.45, 2.75) is 19.0 Å². The smallest absolute Gasteiger partial charge is 0.189 e. The molecule has 136 valence electrons. The van der Waals surface area contributed by atoms with Crippen molar-refractivity contribution in [2.24, 2.45) is 7.05 Å². The number of anilines is 2. The fourth-order valence-electron chi connectivity index (χ4n) is 3.28. The van der Waals surface area contributed by atoms with Crippen LogP contribution in [0, 0.1) is 13.8 Å². The molecule has 0 amide bonds. The third-order valence-electron chi connectivity index (χ3n) is 4.59. The van der Waals surface area contributed by atoms with E-state index in [4.69, 9.17) is 4.98 Å². The Morgan fingerprint density at radius 2 is 1.69 bits per heavy atom. The van der Waals surface area contributed by atoms with Gasteiger partial charge in [-0.3, -0.25) is 4.68 Å². The van der Waals surface area contributed by atoms with Crippen LogP contribution in [0.5, 0.6) is 0 Å². The molecule has 0 aromatic carbocycles. The quantitative estimate of drug-likeness (QED) is 0.510. The number of nitrogens with zero attached hydrogens (tertiary/aromatic N) is 8. The number of aromatic nitrogens is 6. The van der Waals surface area contributed by atoms with E-state index in [0.717, 1.165) is 65.5 Å². The maximum absolute atomic E-state index is 4.69. The minimum Gasteiger partial charge on any atom is -0.353 e. The number of aryl methyl sites for hydroxylation is 3. The van der Waals surface area contributed by atoms with E-state index in [1.807, 2.05) is 33.3 Å². The standard InChI is InChI=1S/C17H22N8S/c1-11-9-14(22-17(19-11)26-4)24-5-7-25(8-6-24)16-13-10-18-23(3)15(13)20-12(2)21-16/h9-10H,5-8H2,1-4H3. The zero-order chi connectivity index (χ0) is 18.3. The zero-order valence-corrected chi connectivity index (χ0v) is 16.3. The summed E-state index contributed by atoms with van der Waals surface area (Å²) in [5.41, 5.74) is 1.89. The third kappa shape index (κ3) is 3.07. The van der Waals surface area contributed by atoms with Crippen molar-refractivity contribution in [1.82, 2.24) is 29.7 Å². The SMILES string of the molecule is CSc1nc(C)cc(N2CCN(c3nc(C)nc4c3cnn4C)CC2)n1. The first-order valence-electron chi connectivity index (χ1n) is 8.61. The lowest BCUT2D eigenvalue weighted by atomic mass is 10.2. The van der Waals surface area contributed by atoms with Crippen molar-refractivity contribution >= 4 is 34.4 Å². The van der Waals surface area contributed by atoms with Crippen LogP contribution in [-0.2, 0) is 7.05 Å². The fraction of sp³-hybridized carbons (Fsp3) is 0.471. The van der Waals surface area contributed by atoms with Gasteiger partial charge in [0.2, 0.25) is 0 Å². The van der Waals surface area contributed by atoms with Gasteiger partial charge in [-0.25, -0.2) is 19.9 Å². The van der Waals surface area contributed by atoms with E-state index < -0.39 is 0 Å². The summed E-state index contributed by atoms with van der Waals surface area (Å²) in [6.07, 6.45) is 3.86. The van der Waals surface area contributed by atoms with E-state index in [2.05, 4.69) is 35.9 Å². The van der Waals surface area contributed by atoms with Crippen LogP contribution in [0.2, 0.25) is 0 Å². The fourth-order valence-corrected chi connectivity index (χ4v) is 3.70. The van der Waals surface area contributed by atoms with Crippen molar-refractivity contribution in [3.05, 3.63) is 23.8 Å². The van der Waals surface area contributed by atoms with Gasteiger partial charge in [0.25, 0.3) is 0 Å². The molecule has 9 heteroatoms. The predicted octanol–water partition coefficient (Wildman–Crippen LogP) is 1.82. The van der Waals surface area contributed by atoms with E-state index in [1.54, 1.807) is 16.4 Å². The van der Waals surface area contributed by atoms with Gasteiger partial charge in [-0.05, 0) is 20.1 Å². The van der Waals surface area contributed by atoms with Gasteiger partial charge < -0.3 is 9.80 Å². The molecule has 0 N–H and O–H groups in total. The van der Waals surface area contributed by atoms with Gasteiger partial charge in [-0.2, -0.15) is 5.10 Å². The number of fused-ring (bicyclic) bond motifs is 1. The molecule has 0 atom stereocenters. The summed E-state index contributed by atoms with van der Waals surface area (Å²) in [6, 6.07) is 2.06. The maximum Gasteiger partial charge on any atom is 0.189 e. The largest absolute Gasteiger partial charge is 0.353 e. The molecular weight excluding hydrogens is 348 g/mol. The third-order valence-corrected chi connectivity index (χ3v) is 5.14. The molecule has 0 spiro atoms. The first-order valence-corrected chi connectivity index (χ1v) is 9.83. The summed E-state index contributed by atoms with van der Waals surface area (Å²) in [7, 11) is 1.91. The molecular formula is C17H22N8S. The topological polar surface area (TPSA) is 75.9 Å². The number of hydrogen-bond acceptors (Lipinski definition) is 8. The molecule has 3 aromatic heterocycles. The van der Waals surface area contributed by atoms with Crippen molar-refractivity contribution in [1.29, 1.82) is 0 Å². The molecule has 1 fully saturated rings. The average Bonchev–Trinajstić information content (AvgIpc) is 3.01. The van der Waals surface area contributed by atoms with Crippen LogP contribution in [0.3, 0.4) is 0 Å². The van der Waals surface area contributed by atoms with Crippen LogP contribution < -0.4 is 9.80 Å². The summed E-state index contributed by atoms with van der Waals surface area (Å²) in [5.74, 6) is 2.75. The van der Waals surface area contributed by atoms with E-state index in [9.17, 15) is 0 Å². The Morgan fingerprint density at radius 3 is 2.42 bits per heavy atom. The highest BCUT2D eigenvalue weighted by Gasteiger charge is 2.23. The van der Waals surface area contributed by atoms with Crippen LogP contribution in [0.25, 0.3) is 11.0 Å². The van der Waals surface area contributed by atoms with Crippen LogP contribution in [0.4, 0.5) is 11.6 Å². The van der Waals surface area contributed by atoms with E-state index in [0.29, 0.717) is 0 Å². The molecule has 1 aliphatic rings. The van der Waals surface area contributed by atoms with Gasteiger partial charge in [0.05, 0.1) is 11.6 Å². The van der Waals surface area contributed by atoms with Crippen molar-refractivity contribution in [3.63, 3.8) is 0 Å². The predicted molar refractivity (Wildman–Crippen MR) is 104 cm³/mol. The summed E-state index contributed by atoms with van der Waals surface area (Å²) in [4.78, 5) is 22.9. The van der Waals surface area contributed by atoms with E-state index in [1.165, 1.54) is 0 Å². The minimum absolute atomic E-state index is 0.773. The normalized spacial score (nSPS) is 15.1. The van der Waals surface area contributed by atoms with Gasteiger partial charge in [0, 0.05) is 45.0 Å². The van der Waals surface area contributed by atoms with E-state index >= 15 is 0 Å². The van der Waals surface area contributed by atoms with E-state index in [-0.39, 0.29) is 0 Å². The minimum atomic E-state index is 0.773. The monoisotopic (exact) mass is 370 g/mol. The van der Waals surface area contributed by atoms with Crippen LogP contribution >= 0.6 is 11.8 Å². The molecule has 1 saturated heterocycles. The molecule has 4 heterocycles. The average molecular weight is 370 g/mol. The lowest BCUT2D eigenvalue weighted by molar-refractivity contribution is 0.637. The van der Waals surface area contributed by atoms with Crippen LogP contribution in [-0.4, -0.2) is 62.2 Å². The maximum atomic E-state index is 4.69. The first kappa shape index (κ1) is 17.0. The molecule has 4 rings (SSSR count). The second-order valence-corrected chi connectivity index (χ2v) is 7.20. The Labute approximate surface area is 156 Å². The molecule has 0 unspecified atom stereocenters. The van der Waals surface area contributed by atoms with Gasteiger partial charge in [0.15, 0.2) is 10.8 Å². The molecule has 26 heavy (non-hydrogen) atoms. The van der Waals surface area contributed by atoms with Gasteiger partial charge in [-0.1, -0.05) is 11.8 Å². The Balaban J connectivity index is 1.57. The molecule has 0 radical (unpaired) electrons. The Hall–Kier alpha value is -2.42. The lowest BCUT2D eigenvalue weighted by Crippen LogP contribution is -2.47. The molecule has 0 saturated carbocycles. The molecule has 8 nitrogen and oxygen atoms in total. The summed E-state index contributed by atoms with van der Waals surface area (Å²) >= 11 is 1.58. The number of rotatable bonds is 3. The highest BCUT2D eigenvalue weighted by atomic mass is 32.2. The second kappa shape index (κ2) is 6.71. The van der Waals surface area contributed by atoms with Crippen molar-refractivity contribution in [2.75, 3.05) is 42.2 Å². The highest BCUT2D eigenvalue weighted by Crippen LogP contribution is 2.26. The molecule has 1 aliphatic heterocycles. The Bertz CT molecular complexity index is 945. The summed E-state index contributed by atoms with van der Waals surface area (Å²) in [6.45, 7) is 7.52. The first-order chi connectivity index (χ1) is 12.5. The zero-order valence-electron chi connectivity index (χ0n) is 15.5. The number of thioether (sulfide) groups is 1. The summed E-state index contributed by atoms with van der Waals surface area (Å²) in [5, 5.41) is 6.17. The number of piperazine rings is 1. The van der Waals surface area contributed by atoms with Crippen LogP contribution in [0.1, 0.15) is 11.5 Å². The van der Waals surface area contributed by atoms with Gasteiger partial charge in [0.1, 0.15) is 17.5 Å². The Morgan fingerprint density at radius 1 is 0.962 bits per heavy atom. The van der Waals surface area contributed by atoms with Crippen molar-refractivity contribution in [3.8, 4) is 0 Å². The molecule has 3 aromatic rings. The van der Waals surface area contributed by atoms with Gasteiger partial charge in [-0.15, -0.1) is 0 Å². The second-order valence-electron chi connectivity index (χ2n) is 6.43. The van der Waals surface area contributed by atoms with Crippen LogP contribution in [0.15, 0.2) is 17.4 Å². The summed E-state index contributed by atoms with van der Waals surface area (Å²) < 4.78 is 1.80. The highest BCUT2D eigenvalue weighted by molar-refractivity contribution is 7.98. The van der Waals surface area contributed by atoms with Gasteiger partial charge >= 0.3 is 0 Å². The number of hydrogen-bond donors (Lipinski definition) is 0.